The summed E-state index contributed by atoms with van der Waals surface area (Å²) in [6, 6.07) is 14.0. The second-order valence-electron chi connectivity index (χ2n) is 8.04. The zero-order valence-electron chi connectivity index (χ0n) is 18.6. The first-order chi connectivity index (χ1) is 15.8. The van der Waals surface area contributed by atoms with Crippen molar-refractivity contribution in [3.05, 3.63) is 54.1 Å². The summed E-state index contributed by atoms with van der Waals surface area (Å²) in [6.07, 6.45) is -0.203. The molecule has 2 aromatic carbocycles. The maximum absolute atomic E-state index is 13.1. The van der Waals surface area contributed by atoms with E-state index in [2.05, 4.69) is 10.5 Å². The van der Waals surface area contributed by atoms with Crippen molar-refractivity contribution in [2.45, 2.75) is 37.4 Å². The molecule has 0 radical (unpaired) electrons. The van der Waals surface area contributed by atoms with Gasteiger partial charge < -0.3 is 19.6 Å². The van der Waals surface area contributed by atoms with Crippen molar-refractivity contribution >= 4 is 27.3 Å². The van der Waals surface area contributed by atoms with Crippen molar-refractivity contribution in [2.75, 3.05) is 31.6 Å². The van der Waals surface area contributed by atoms with Gasteiger partial charge >= 0.3 is 0 Å². The molecule has 2 aromatic rings. The zero-order chi connectivity index (χ0) is 23.4. The number of hydrogen-bond acceptors (Lipinski definition) is 7. The quantitative estimate of drug-likeness (QED) is 0.663. The Bertz CT molecular complexity index is 1130. The van der Waals surface area contributed by atoms with E-state index in [0.29, 0.717) is 25.4 Å². The van der Waals surface area contributed by atoms with Crippen LogP contribution in [0, 0.1) is 0 Å². The topological polar surface area (TPSA) is 107 Å². The predicted molar refractivity (Wildman–Crippen MR) is 123 cm³/mol. The van der Waals surface area contributed by atoms with Crippen molar-refractivity contribution in [1.82, 2.24) is 4.31 Å². The smallest absolute Gasteiger partial charge is 0.273 e. The summed E-state index contributed by atoms with van der Waals surface area (Å²) >= 11 is 0. The van der Waals surface area contributed by atoms with Gasteiger partial charge in [0.05, 0.1) is 29.9 Å². The van der Waals surface area contributed by atoms with Gasteiger partial charge in [-0.25, -0.2) is 8.42 Å². The summed E-state index contributed by atoms with van der Waals surface area (Å²) in [5, 5.41) is 6.71. The Morgan fingerprint density at radius 2 is 1.88 bits per heavy atom. The van der Waals surface area contributed by atoms with Gasteiger partial charge in [0.2, 0.25) is 10.0 Å². The lowest BCUT2D eigenvalue weighted by molar-refractivity contribution is -0.110. The Hall–Kier alpha value is -2.95. The normalized spacial score (nSPS) is 19.1. The molecule has 176 valence electrons. The van der Waals surface area contributed by atoms with E-state index in [1.165, 1.54) is 16.4 Å². The number of morpholine rings is 1. The lowest BCUT2D eigenvalue weighted by Crippen LogP contribution is -2.40. The van der Waals surface area contributed by atoms with E-state index in [4.69, 9.17) is 14.3 Å². The number of rotatable bonds is 7. The average molecular weight is 474 g/mol. The van der Waals surface area contributed by atoms with Gasteiger partial charge in [-0.2, -0.15) is 4.31 Å². The van der Waals surface area contributed by atoms with Crippen LogP contribution in [0.25, 0.3) is 0 Å². The van der Waals surface area contributed by atoms with Crippen LogP contribution in [0.5, 0.6) is 5.75 Å². The third kappa shape index (κ3) is 5.35. The van der Waals surface area contributed by atoms with Gasteiger partial charge in [-0.3, -0.25) is 4.79 Å². The van der Waals surface area contributed by atoms with Crippen LogP contribution in [0.3, 0.4) is 0 Å². The fraction of sp³-hybridized carbons (Fsp3) is 0.391. The SMILES string of the molecule is CC(C)Oc1ccc(S(=O)(=O)N2CCOCC2)cc1NC(=O)C1=NOC(c2ccccc2)C1. The molecular weight excluding hydrogens is 446 g/mol. The highest BCUT2D eigenvalue weighted by Crippen LogP contribution is 2.32. The fourth-order valence-corrected chi connectivity index (χ4v) is 5.05. The van der Waals surface area contributed by atoms with Crippen LogP contribution in [-0.4, -0.2) is 56.7 Å². The van der Waals surface area contributed by atoms with Gasteiger partial charge in [0, 0.05) is 19.5 Å². The number of carbonyl (C=O) groups excluding carboxylic acids is 1. The monoisotopic (exact) mass is 473 g/mol. The number of anilines is 1. The zero-order valence-corrected chi connectivity index (χ0v) is 19.4. The molecule has 2 heterocycles. The molecule has 1 atom stereocenters. The average Bonchev–Trinajstić information content (AvgIpc) is 3.31. The number of sulfonamides is 1. The highest BCUT2D eigenvalue weighted by molar-refractivity contribution is 7.89. The Labute approximate surface area is 193 Å². The predicted octanol–water partition coefficient (Wildman–Crippen LogP) is 2.95. The van der Waals surface area contributed by atoms with Crippen molar-refractivity contribution < 1.29 is 27.5 Å². The molecule has 1 amide bonds. The lowest BCUT2D eigenvalue weighted by atomic mass is 10.0. The molecule has 1 saturated heterocycles. The third-order valence-corrected chi connectivity index (χ3v) is 7.17. The van der Waals surface area contributed by atoms with Gasteiger partial charge in [-0.1, -0.05) is 35.5 Å². The minimum atomic E-state index is -3.74. The molecule has 0 aromatic heterocycles. The van der Waals surface area contributed by atoms with Gasteiger partial charge in [0.1, 0.15) is 11.5 Å². The van der Waals surface area contributed by atoms with Gasteiger partial charge in [0.15, 0.2) is 6.10 Å². The van der Waals surface area contributed by atoms with E-state index in [1.54, 1.807) is 6.07 Å². The van der Waals surface area contributed by atoms with Crippen LogP contribution in [0.1, 0.15) is 31.9 Å². The molecule has 1 unspecified atom stereocenters. The van der Waals surface area contributed by atoms with Gasteiger partial charge in [-0.15, -0.1) is 0 Å². The molecular formula is C23H27N3O6S. The largest absolute Gasteiger partial charge is 0.489 e. The van der Waals surface area contributed by atoms with Crippen LogP contribution >= 0.6 is 0 Å². The number of hydrogen-bond donors (Lipinski definition) is 1. The minimum Gasteiger partial charge on any atom is -0.489 e. The molecule has 0 bridgehead atoms. The molecule has 33 heavy (non-hydrogen) atoms. The lowest BCUT2D eigenvalue weighted by Gasteiger charge is -2.26. The Morgan fingerprint density at radius 1 is 1.15 bits per heavy atom. The van der Waals surface area contributed by atoms with Crippen LogP contribution in [0.2, 0.25) is 0 Å². The van der Waals surface area contributed by atoms with Crippen LogP contribution < -0.4 is 10.1 Å². The third-order valence-electron chi connectivity index (χ3n) is 5.27. The Balaban J connectivity index is 1.55. The van der Waals surface area contributed by atoms with E-state index in [0.717, 1.165) is 5.56 Å². The number of nitrogens with zero attached hydrogens (tertiary/aromatic N) is 2. The molecule has 0 aliphatic carbocycles. The number of benzene rings is 2. The first kappa shape index (κ1) is 23.2. The van der Waals surface area contributed by atoms with Crippen LogP contribution in [0.15, 0.2) is 58.6 Å². The summed E-state index contributed by atoms with van der Waals surface area (Å²) in [6.45, 7) is 4.96. The molecule has 0 saturated carbocycles. The van der Waals surface area contributed by atoms with E-state index in [9.17, 15) is 13.2 Å². The van der Waals surface area contributed by atoms with Crippen molar-refractivity contribution in [1.29, 1.82) is 0 Å². The van der Waals surface area contributed by atoms with Crippen molar-refractivity contribution in [2.24, 2.45) is 5.16 Å². The summed E-state index contributed by atoms with van der Waals surface area (Å²) in [7, 11) is -3.74. The second-order valence-corrected chi connectivity index (χ2v) is 9.98. The molecule has 2 aliphatic heterocycles. The van der Waals surface area contributed by atoms with Crippen LogP contribution in [0.4, 0.5) is 5.69 Å². The maximum Gasteiger partial charge on any atom is 0.273 e. The van der Waals surface area contributed by atoms with Crippen molar-refractivity contribution in [3.8, 4) is 5.75 Å². The number of oxime groups is 1. The number of nitrogens with one attached hydrogen (secondary N) is 1. The fourth-order valence-electron chi connectivity index (χ4n) is 3.61. The van der Waals surface area contributed by atoms with E-state index in [1.807, 2.05) is 44.2 Å². The first-order valence-corrected chi connectivity index (χ1v) is 12.3. The summed E-state index contributed by atoms with van der Waals surface area (Å²) in [5.74, 6) is -0.0960. The molecule has 10 heteroatoms. The highest BCUT2D eigenvalue weighted by atomic mass is 32.2. The van der Waals surface area contributed by atoms with Gasteiger partial charge in [0.25, 0.3) is 5.91 Å². The molecule has 9 nitrogen and oxygen atoms in total. The molecule has 1 fully saturated rings. The summed E-state index contributed by atoms with van der Waals surface area (Å²) in [4.78, 5) is 18.5. The Kier molecular flexibility index (Phi) is 6.96. The molecule has 4 rings (SSSR count). The number of carbonyl (C=O) groups is 1. The molecule has 2 aliphatic rings. The highest BCUT2D eigenvalue weighted by Gasteiger charge is 2.30. The minimum absolute atomic E-state index is 0.0718. The summed E-state index contributed by atoms with van der Waals surface area (Å²) in [5.41, 5.74) is 1.40. The maximum atomic E-state index is 13.1. The van der Waals surface area contributed by atoms with E-state index in [-0.39, 0.29) is 41.6 Å². The Morgan fingerprint density at radius 3 is 2.58 bits per heavy atom. The standard InChI is InChI=1S/C23H27N3O6S/c1-16(2)31-21-9-8-18(33(28,29)26-10-12-30-13-11-26)14-19(21)24-23(27)20-15-22(32-25-20)17-6-4-3-5-7-17/h3-9,14,16,22H,10-13,15H2,1-2H3,(H,24,27). The number of ether oxygens (including phenoxy) is 2. The number of amides is 1. The second kappa shape index (κ2) is 9.90. The molecule has 1 N–H and O–H groups in total. The molecule has 0 spiro atoms. The van der Waals surface area contributed by atoms with Gasteiger partial charge in [-0.05, 0) is 37.6 Å². The first-order valence-electron chi connectivity index (χ1n) is 10.8. The summed E-state index contributed by atoms with van der Waals surface area (Å²) < 4.78 is 38.6. The van der Waals surface area contributed by atoms with Crippen LogP contribution in [-0.2, 0) is 24.4 Å². The van der Waals surface area contributed by atoms with Crippen molar-refractivity contribution in [3.63, 3.8) is 0 Å². The van der Waals surface area contributed by atoms with E-state index >= 15 is 0 Å². The van der Waals surface area contributed by atoms with E-state index < -0.39 is 15.9 Å².